The Morgan fingerprint density at radius 2 is 1.60 bits per heavy atom. The minimum Gasteiger partial charge on any atom is -0.481 e. The van der Waals surface area contributed by atoms with Crippen molar-refractivity contribution < 1.29 is 14.6 Å². The quantitative estimate of drug-likeness (QED) is 0.210. The number of hydrogen-bond acceptors (Lipinski definition) is 5. The zero-order valence-electron chi connectivity index (χ0n) is 20.3. The number of ether oxygens (including phenoxy) is 1. The van der Waals surface area contributed by atoms with Crippen LogP contribution in [-0.4, -0.2) is 24.4 Å². The smallest absolute Gasteiger partial charge is 0.304 e. The fourth-order valence-corrected chi connectivity index (χ4v) is 3.80. The first-order valence-corrected chi connectivity index (χ1v) is 11.9. The van der Waals surface area contributed by atoms with Crippen molar-refractivity contribution in [3.63, 3.8) is 0 Å². The van der Waals surface area contributed by atoms with Gasteiger partial charge in [0.05, 0.1) is 37.4 Å². The summed E-state index contributed by atoms with van der Waals surface area (Å²) in [5.41, 5.74) is 6.22. The Hall–Kier alpha value is -3.66. The van der Waals surface area contributed by atoms with Crippen molar-refractivity contribution in [2.45, 2.75) is 39.3 Å². The summed E-state index contributed by atoms with van der Waals surface area (Å²) in [4.78, 5) is 10.5. The van der Waals surface area contributed by atoms with E-state index in [2.05, 4.69) is 79.1 Å². The van der Waals surface area contributed by atoms with E-state index in [-0.39, 0.29) is 12.5 Å². The number of hydrogen-bond donors (Lipinski definition) is 3. The van der Waals surface area contributed by atoms with E-state index in [0.717, 1.165) is 28.8 Å². The molecule has 3 aromatic carbocycles. The standard InChI is InChI=1S/C29H33N3O3/c1-21(2)17-28(26-9-5-23(6-10-26)19-35-20-31-16-15-29(33)34)32-27-13-11-25(12-14-27)24-7-3-22(18-30)4-8-24/h3-14,21,28,31-32H,15-17,19-20H2,1-2H3,(H,33,34). The van der Waals surface area contributed by atoms with Crippen LogP contribution in [0.1, 0.15) is 49.4 Å². The number of nitrogens with zero attached hydrogens (tertiary/aromatic N) is 1. The summed E-state index contributed by atoms with van der Waals surface area (Å²) < 4.78 is 5.59. The van der Waals surface area contributed by atoms with Crippen LogP contribution in [0.3, 0.4) is 0 Å². The lowest BCUT2D eigenvalue weighted by Crippen LogP contribution is -2.21. The summed E-state index contributed by atoms with van der Waals surface area (Å²) in [7, 11) is 0. The topological polar surface area (TPSA) is 94.4 Å². The largest absolute Gasteiger partial charge is 0.481 e. The number of aliphatic carboxylic acids is 1. The van der Waals surface area contributed by atoms with Crippen LogP contribution in [0, 0.1) is 17.2 Å². The lowest BCUT2D eigenvalue weighted by Gasteiger charge is -2.23. The molecule has 0 radical (unpaired) electrons. The van der Waals surface area contributed by atoms with Gasteiger partial charge in [-0.2, -0.15) is 5.26 Å². The molecule has 6 heteroatoms. The molecule has 0 aromatic heterocycles. The number of carbonyl (C=O) groups is 1. The lowest BCUT2D eigenvalue weighted by molar-refractivity contribution is -0.136. The molecule has 0 aliphatic rings. The maximum atomic E-state index is 10.5. The number of nitriles is 1. The predicted octanol–water partition coefficient (Wildman–Crippen LogP) is 5.96. The van der Waals surface area contributed by atoms with Gasteiger partial charge in [0.15, 0.2) is 0 Å². The molecule has 1 atom stereocenters. The third-order valence-corrected chi connectivity index (χ3v) is 5.65. The third-order valence-electron chi connectivity index (χ3n) is 5.65. The SMILES string of the molecule is CC(C)CC(Nc1ccc(-c2ccc(C#N)cc2)cc1)c1ccc(COCNCCC(=O)O)cc1. The van der Waals surface area contributed by atoms with Crippen molar-refractivity contribution in [1.82, 2.24) is 5.32 Å². The van der Waals surface area contributed by atoms with Crippen molar-refractivity contribution in [2.24, 2.45) is 5.92 Å². The van der Waals surface area contributed by atoms with Crippen molar-refractivity contribution in [3.05, 3.63) is 89.5 Å². The number of rotatable bonds is 13. The summed E-state index contributed by atoms with van der Waals surface area (Å²) >= 11 is 0. The molecule has 3 aromatic rings. The normalized spacial score (nSPS) is 11.7. The fraction of sp³-hybridized carbons (Fsp3) is 0.310. The number of nitrogens with one attached hydrogen (secondary N) is 2. The number of carboxylic acid groups (broad SMARTS) is 1. The Balaban J connectivity index is 1.59. The average Bonchev–Trinajstić information content (AvgIpc) is 2.86. The first kappa shape index (κ1) is 26.0. The minimum absolute atomic E-state index is 0.0838. The first-order valence-electron chi connectivity index (χ1n) is 11.9. The molecule has 0 amide bonds. The van der Waals surface area contributed by atoms with Crippen LogP contribution < -0.4 is 10.6 Å². The van der Waals surface area contributed by atoms with Crippen molar-refractivity contribution in [2.75, 3.05) is 18.6 Å². The highest BCUT2D eigenvalue weighted by atomic mass is 16.5. The highest BCUT2D eigenvalue weighted by molar-refractivity contribution is 5.67. The second-order valence-corrected chi connectivity index (χ2v) is 8.97. The summed E-state index contributed by atoms with van der Waals surface area (Å²) in [5, 5.41) is 24.3. The van der Waals surface area contributed by atoms with Gasteiger partial charge in [-0.15, -0.1) is 0 Å². The van der Waals surface area contributed by atoms with Crippen molar-refractivity contribution >= 4 is 11.7 Å². The predicted molar refractivity (Wildman–Crippen MR) is 139 cm³/mol. The second kappa shape index (κ2) is 13.3. The van der Waals surface area contributed by atoms with E-state index in [0.29, 0.717) is 31.4 Å². The van der Waals surface area contributed by atoms with E-state index < -0.39 is 5.97 Å². The summed E-state index contributed by atoms with van der Waals surface area (Å²) in [6.07, 6.45) is 1.08. The van der Waals surface area contributed by atoms with Crippen LogP contribution in [0.25, 0.3) is 11.1 Å². The number of anilines is 1. The van der Waals surface area contributed by atoms with Gasteiger partial charge in [0.2, 0.25) is 0 Å². The molecule has 6 nitrogen and oxygen atoms in total. The van der Waals surface area contributed by atoms with Gasteiger partial charge < -0.3 is 15.2 Å². The van der Waals surface area contributed by atoms with Gasteiger partial charge in [-0.1, -0.05) is 62.4 Å². The van der Waals surface area contributed by atoms with Crippen LogP contribution >= 0.6 is 0 Å². The molecule has 182 valence electrons. The zero-order chi connectivity index (χ0) is 25.0. The maximum Gasteiger partial charge on any atom is 0.304 e. The third kappa shape index (κ3) is 8.56. The average molecular weight is 472 g/mol. The zero-order valence-corrected chi connectivity index (χ0v) is 20.3. The Morgan fingerprint density at radius 1 is 0.971 bits per heavy atom. The van der Waals surface area contributed by atoms with E-state index in [1.165, 1.54) is 5.56 Å². The summed E-state index contributed by atoms with van der Waals surface area (Å²) in [5.74, 6) is -0.287. The molecule has 0 spiro atoms. The van der Waals surface area contributed by atoms with Crippen LogP contribution in [0.15, 0.2) is 72.8 Å². The van der Waals surface area contributed by atoms with E-state index in [9.17, 15) is 4.79 Å². The number of carboxylic acids is 1. The van der Waals surface area contributed by atoms with Gasteiger partial charge in [0.25, 0.3) is 0 Å². The highest BCUT2D eigenvalue weighted by Crippen LogP contribution is 2.28. The first-order chi connectivity index (χ1) is 16.9. The maximum absolute atomic E-state index is 10.5. The summed E-state index contributed by atoms with van der Waals surface area (Å²) in [6, 6.07) is 26.8. The molecule has 0 saturated heterocycles. The van der Waals surface area contributed by atoms with E-state index in [4.69, 9.17) is 15.1 Å². The van der Waals surface area contributed by atoms with Crippen LogP contribution in [0.2, 0.25) is 0 Å². The van der Waals surface area contributed by atoms with Crippen molar-refractivity contribution in [3.8, 4) is 17.2 Å². The molecular formula is C29H33N3O3. The second-order valence-electron chi connectivity index (χ2n) is 8.97. The van der Waals surface area contributed by atoms with Gasteiger partial charge in [0.1, 0.15) is 0 Å². The Labute approximate surface area is 207 Å². The Morgan fingerprint density at radius 3 is 2.17 bits per heavy atom. The van der Waals surface area contributed by atoms with Crippen LogP contribution in [0.4, 0.5) is 5.69 Å². The van der Waals surface area contributed by atoms with E-state index in [1.807, 2.05) is 24.3 Å². The highest BCUT2D eigenvalue weighted by Gasteiger charge is 2.14. The lowest BCUT2D eigenvalue weighted by atomic mass is 9.95. The molecule has 0 fully saturated rings. The van der Waals surface area contributed by atoms with Crippen molar-refractivity contribution in [1.29, 1.82) is 5.26 Å². The molecule has 0 heterocycles. The van der Waals surface area contributed by atoms with Gasteiger partial charge in [-0.05, 0) is 58.9 Å². The minimum atomic E-state index is -0.820. The summed E-state index contributed by atoms with van der Waals surface area (Å²) in [6.45, 7) is 5.64. The monoisotopic (exact) mass is 471 g/mol. The molecule has 1 unspecified atom stereocenters. The molecule has 0 aliphatic carbocycles. The molecule has 3 rings (SSSR count). The van der Waals surface area contributed by atoms with E-state index >= 15 is 0 Å². The molecule has 0 bridgehead atoms. The van der Waals surface area contributed by atoms with Crippen LogP contribution in [0.5, 0.6) is 0 Å². The van der Waals surface area contributed by atoms with Gasteiger partial charge in [0, 0.05) is 12.2 Å². The Bertz CT molecular complexity index is 1100. The van der Waals surface area contributed by atoms with E-state index in [1.54, 1.807) is 0 Å². The Kier molecular flexibility index (Phi) is 9.85. The van der Waals surface area contributed by atoms with Gasteiger partial charge in [-0.25, -0.2) is 0 Å². The van der Waals surface area contributed by atoms with Gasteiger partial charge >= 0.3 is 5.97 Å². The van der Waals surface area contributed by atoms with Crippen LogP contribution in [-0.2, 0) is 16.1 Å². The molecular weight excluding hydrogens is 438 g/mol. The van der Waals surface area contributed by atoms with Gasteiger partial charge in [-0.3, -0.25) is 10.1 Å². The molecule has 0 saturated carbocycles. The molecule has 0 aliphatic heterocycles. The fourth-order valence-electron chi connectivity index (χ4n) is 3.80. The molecule has 35 heavy (non-hydrogen) atoms. The molecule has 3 N–H and O–H groups in total. The number of benzene rings is 3.